The molecule has 0 saturated carbocycles. The van der Waals surface area contributed by atoms with E-state index in [9.17, 15) is 8.42 Å². The Morgan fingerprint density at radius 2 is 1.52 bits per heavy atom. The maximum Gasteiger partial charge on any atom is 0.335 e. The van der Waals surface area contributed by atoms with Crippen molar-refractivity contribution in [3.8, 4) is 11.1 Å². The fourth-order valence-corrected chi connectivity index (χ4v) is 4.46. The van der Waals surface area contributed by atoms with Crippen LogP contribution in [0.3, 0.4) is 0 Å². The van der Waals surface area contributed by atoms with Crippen LogP contribution in [0.15, 0.2) is 93.0 Å². The quantitative estimate of drug-likeness (QED) is 0.395. The summed E-state index contributed by atoms with van der Waals surface area (Å²) in [6.45, 7) is 0. The van der Waals surface area contributed by atoms with E-state index in [2.05, 4.69) is 26.1 Å². The highest BCUT2D eigenvalue weighted by Crippen LogP contribution is 2.27. The summed E-state index contributed by atoms with van der Waals surface area (Å²) in [6.07, 6.45) is 0.371. The van der Waals surface area contributed by atoms with Crippen LogP contribution in [0.1, 0.15) is 17.0 Å². The molecule has 4 rings (SSSR count). The molecule has 29 heavy (non-hydrogen) atoms. The summed E-state index contributed by atoms with van der Waals surface area (Å²) in [5.74, 6) is 0.0556. The third-order valence-corrected chi connectivity index (χ3v) is 6.35. The van der Waals surface area contributed by atoms with Gasteiger partial charge < -0.3 is 4.42 Å². The first-order valence-corrected chi connectivity index (χ1v) is 11.4. The van der Waals surface area contributed by atoms with E-state index in [4.69, 9.17) is 4.42 Å². The third-order valence-electron chi connectivity index (χ3n) is 4.43. The van der Waals surface area contributed by atoms with E-state index in [-0.39, 0.29) is 16.9 Å². The van der Waals surface area contributed by atoms with Crippen molar-refractivity contribution in [3.63, 3.8) is 0 Å². The fraction of sp³-hybridized carbons (Fsp3) is 0.0909. The molecule has 0 aliphatic carbocycles. The highest BCUT2D eigenvalue weighted by molar-refractivity contribution is 9.10. The van der Waals surface area contributed by atoms with Gasteiger partial charge in [0.1, 0.15) is 0 Å². The van der Waals surface area contributed by atoms with Crippen molar-refractivity contribution in [1.82, 2.24) is 10.2 Å². The van der Waals surface area contributed by atoms with E-state index in [0.717, 1.165) is 21.2 Å². The van der Waals surface area contributed by atoms with Crippen LogP contribution in [0.5, 0.6) is 0 Å². The van der Waals surface area contributed by atoms with Crippen molar-refractivity contribution >= 4 is 25.8 Å². The van der Waals surface area contributed by atoms with Crippen LogP contribution in [0.4, 0.5) is 0 Å². The summed E-state index contributed by atoms with van der Waals surface area (Å²) in [4.78, 5) is 0. The van der Waals surface area contributed by atoms with Gasteiger partial charge >= 0.3 is 5.22 Å². The molecule has 0 atom stereocenters. The number of nitrogens with zero attached hydrogens (tertiary/aromatic N) is 2. The van der Waals surface area contributed by atoms with Crippen molar-refractivity contribution in [2.24, 2.45) is 0 Å². The van der Waals surface area contributed by atoms with Crippen molar-refractivity contribution in [1.29, 1.82) is 0 Å². The molecule has 0 saturated heterocycles. The first kappa shape index (κ1) is 19.5. The summed E-state index contributed by atoms with van der Waals surface area (Å²) in [6, 6.07) is 24.7. The van der Waals surface area contributed by atoms with Gasteiger partial charge in [0.2, 0.25) is 15.7 Å². The molecule has 0 aliphatic rings. The first-order chi connectivity index (χ1) is 14.0. The zero-order valence-electron chi connectivity index (χ0n) is 15.3. The monoisotopic (exact) mass is 468 g/mol. The van der Waals surface area contributed by atoms with Gasteiger partial charge in [0.05, 0.1) is 12.2 Å². The number of halogens is 1. The highest BCUT2D eigenvalue weighted by atomic mass is 79.9. The summed E-state index contributed by atoms with van der Waals surface area (Å²) in [5, 5.41) is 7.35. The van der Waals surface area contributed by atoms with E-state index < -0.39 is 9.84 Å². The molecule has 0 unspecified atom stereocenters. The summed E-state index contributed by atoms with van der Waals surface area (Å²) in [5.41, 5.74) is 3.47. The summed E-state index contributed by atoms with van der Waals surface area (Å²) >= 11 is 3.38. The standard InChI is InChI=1S/C22H17BrN2O3S/c23-19-12-10-16(11-13-19)14-21-24-25-22(28-21)29(26,27)15-18-8-4-5-9-20(18)17-6-2-1-3-7-17/h1-13H,14-15H2. The lowest BCUT2D eigenvalue weighted by Crippen LogP contribution is -2.06. The van der Waals surface area contributed by atoms with Crippen LogP contribution < -0.4 is 0 Å². The van der Waals surface area contributed by atoms with Crippen molar-refractivity contribution in [2.75, 3.05) is 0 Å². The SMILES string of the molecule is O=S(=O)(Cc1ccccc1-c1ccccc1)c1nnc(Cc2ccc(Br)cc2)o1. The van der Waals surface area contributed by atoms with Crippen molar-refractivity contribution < 1.29 is 12.8 Å². The van der Waals surface area contributed by atoms with Crippen LogP contribution in [-0.2, 0) is 22.0 Å². The molecule has 1 aromatic heterocycles. The molecule has 5 nitrogen and oxygen atoms in total. The second-order valence-corrected chi connectivity index (χ2v) is 9.33. The first-order valence-electron chi connectivity index (χ1n) is 8.94. The Morgan fingerprint density at radius 3 is 2.28 bits per heavy atom. The number of hydrogen-bond acceptors (Lipinski definition) is 5. The molecule has 3 aromatic carbocycles. The van der Waals surface area contributed by atoms with Crippen LogP contribution in [-0.4, -0.2) is 18.6 Å². The molecule has 0 aliphatic heterocycles. The summed E-state index contributed by atoms with van der Waals surface area (Å²) in [7, 11) is -3.77. The number of rotatable bonds is 6. The molecule has 1 heterocycles. The number of hydrogen-bond donors (Lipinski definition) is 0. The Balaban J connectivity index is 1.58. The minimum Gasteiger partial charge on any atom is -0.412 e. The second-order valence-electron chi connectivity index (χ2n) is 6.55. The topological polar surface area (TPSA) is 73.1 Å². The Morgan fingerprint density at radius 1 is 0.828 bits per heavy atom. The van der Waals surface area contributed by atoms with Crippen molar-refractivity contribution in [3.05, 3.63) is 100 Å². The average molecular weight is 469 g/mol. The van der Waals surface area contributed by atoms with Crippen LogP contribution >= 0.6 is 15.9 Å². The maximum atomic E-state index is 12.9. The van der Waals surface area contributed by atoms with Gasteiger partial charge in [0, 0.05) is 4.47 Å². The predicted molar refractivity (Wildman–Crippen MR) is 114 cm³/mol. The van der Waals surface area contributed by atoms with Gasteiger partial charge in [-0.15, -0.1) is 5.10 Å². The Labute approximate surface area is 177 Å². The maximum absolute atomic E-state index is 12.9. The second kappa shape index (κ2) is 8.31. The van der Waals surface area contributed by atoms with Gasteiger partial charge in [-0.3, -0.25) is 0 Å². The van der Waals surface area contributed by atoms with Crippen LogP contribution in [0.25, 0.3) is 11.1 Å². The molecular formula is C22H17BrN2O3S. The smallest absolute Gasteiger partial charge is 0.335 e. The minimum atomic E-state index is -3.77. The lowest BCUT2D eigenvalue weighted by molar-refractivity contribution is 0.402. The van der Waals surface area contributed by atoms with Crippen molar-refractivity contribution in [2.45, 2.75) is 17.4 Å². The molecule has 7 heteroatoms. The van der Waals surface area contributed by atoms with Gasteiger partial charge in [0.25, 0.3) is 0 Å². The Hall–Kier alpha value is -2.77. The molecule has 4 aromatic rings. The number of aromatic nitrogens is 2. The molecule has 146 valence electrons. The van der Waals surface area contributed by atoms with Gasteiger partial charge in [-0.05, 0) is 34.4 Å². The molecule has 0 amide bonds. The van der Waals surface area contributed by atoms with E-state index in [1.54, 1.807) is 6.07 Å². The molecule has 0 fully saturated rings. The van der Waals surface area contributed by atoms with Gasteiger partial charge in [-0.2, -0.15) is 0 Å². The van der Waals surface area contributed by atoms with Crippen LogP contribution in [0, 0.1) is 0 Å². The average Bonchev–Trinajstić information content (AvgIpc) is 3.20. The van der Waals surface area contributed by atoms with E-state index in [0.29, 0.717) is 12.0 Å². The van der Waals surface area contributed by atoms with Gasteiger partial charge in [0.15, 0.2) is 0 Å². The highest BCUT2D eigenvalue weighted by Gasteiger charge is 2.24. The lowest BCUT2D eigenvalue weighted by Gasteiger charge is -2.09. The molecule has 0 bridgehead atoms. The fourth-order valence-electron chi connectivity index (χ4n) is 3.02. The minimum absolute atomic E-state index is 0.210. The zero-order chi connectivity index (χ0) is 20.3. The third kappa shape index (κ3) is 4.63. The number of benzene rings is 3. The van der Waals surface area contributed by atoms with E-state index in [1.165, 1.54) is 0 Å². The van der Waals surface area contributed by atoms with E-state index in [1.807, 2.05) is 72.8 Å². The Kier molecular flexibility index (Phi) is 5.60. The normalized spacial score (nSPS) is 11.5. The lowest BCUT2D eigenvalue weighted by atomic mass is 10.0. The zero-order valence-corrected chi connectivity index (χ0v) is 17.7. The predicted octanol–water partition coefficient (Wildman–Crippen LogP) is 5.06. The van der Waals surface area contributed by atoms with Gasteiger partial charge in [-0.1, -0.05) is 87.8 Å². The summed E-state index contributed by atoms with van der Waals surface area (Å²) < 4.78 is 32.2. The largest absolute Gasteiger partial charge is 0.412 e. The molecule has 0 radical (unpaired) electrons. The Bertz CT molecular complexity index is 1220. The molecule has 0 spiro atoms. The van der Waals surface area contributed by atoms with Crippen LogP contribution in [0.2, 0.25) is 0 Å². The van der Waals surface area contributed by atoms with E-state index >= 15 is 0 Å². The molecule has 0 N–H and O–H groups in total. The van der Waals surface area contributed by atoms with Gasteiger partial charge in [-0.25, -0.2) is 8.42 Å². The number of sulfone groups is 1. The molecular weight excluding hydrogens is 452 g/mol.